The molecule has 2 aromatic carbocycles. The Labute approximate surface area is 141 Å². The molecular weight excluding hydrogens is 304 g/mol. The van der Waals surface area contributed by atoms with Crippen molar-refractivity contribution in [3.63, 3.8) is 0 Å². The summed E-state index contributed by atoms with van der Waals surface area (Å²) in [5.41, 5.74) is 2.39. The van der Waals surface area contributed by atoms with Crippen molar-refractivity contribution >= 4 is 23.6 Å². The summed E-state index contributed by atoms with van der Waals surface area (Å²) in [5.74, 6) is 0.423. The molecule has 0 saturated carbocycles. The van der Waals surface area contributed by atoms with E-state index in [0.717, 1.165) is 11.1 Å². The highest BCUT2D eigenvalue weighted by atomic mass is 16.5. The first-order valence-electron chi connectivity index (χ1n) is 7.54. The lowest BCUT2D eigenvalue weighted by atomic mass is 10.1. The minimum absolute atomic E-state index is 0.0495. The molecule has 0 unspecified atom stereocenters. The molecule has 0 aliphatic heterocycles. The summed E-state index contributed by atoms with van der Waals surface area (Å²) in [5, 5.41) is 5.35. The van der Waals surface area contributed by atoms with E-state index in [0.29, 0.717) is 17.9 Å². The lowest BCUT2D eigenvalue weighted by molar-refractivity contribution is -0.120. The van der Waals surface area contributed by atoms with Gasteiger partial charge >= 0.3 is 0 Å². The van der Waals surface area contributed by atoms with Gasteiger partial charge in [0.1, 0.15) is 5.75 Å². The quantitative estimate of drug-likeness (QED) is 0.803. The Morgan fingerprint density at radius 2 is 1.79 bits per heavy atom. The number of ether oxygens (including phenoxy) is 1. The maximum Gasteiger partial charge on any atom is 0.248 e. The highest BCUT2D eigenvalue weighted by Crippen LogP contribution is 2.18. The van der Waals surface area contributed by atoms with Crippen LogP contribution in [0.3, 0.4) is 0 Å². The topological polar surface area (TPSA) is 67.4 Å². The van der Waals surface area contributed by atoms with Crippen LogP contribution < -0.4 is 15.4 Å². The van der Waals surface area contributed by atoms with E-state index in [2.05, 4.69) is 10.6 Å². The van der Waals surface area contributed by atoms with Gasteiger partial charge in [-0.15, -0.1) is 0 Å². The van der Waals surface area contributed by atoms with Crippen LogP contribution in [0.1, 0.15) is 11.1 Å². The van der Waals surface area contributed by atoms with E-state index in [4.69, 9.17) is 4.74 Å². The lowest BCUT2D eigenvalue weighted by Crippen LogP contribution is -2.19. The number of carbonyl (C=O) groups is 2. The fourth-order valence-electron chi connectivity index (χ4n) is 2.13. The van der Waals surface area contributed by atoms with Gasteiger partial charge in [-0.2, -0.15) is 0 Å². The number of hydrogen-bond donors (Lipinski definition) is 2. The molecule has 124 valence electrons. The van der Waals surface area contributed by atoms with Crippen LogP contribution in [0.25, 0.3) is 6.08 Å². The van der Waals surface area contributed by atoms with E-state index in [1.54, 1.807) is 32.4 Å². The molecule has 2 rings (SSSR count). The Balaban J connectivity index is 1.97. The van der Waals surface area contributed by atoms with Gasteiger partial charge < -0.3 is 15.4 Å². The summed E-state index contributed by atoms with van der Waals surface area (Å²) >= 11 is 0. The predicted molar refractivity (Wildman–Crippen MR) is 94.9 cm³/mol. The van der Waals surface area contributed by atoms with E-state index in [1.807, 2.05) is 36.4 Å². The molecule has 0 aliphatic rings. The zero-order chi connectivity index (χ0) is 17.4. The molecule has 0 heterocycles. The van der Waals surface area contributed by atoms with Crippen LogP contribution in [0.15, 0.2) is 54.6 Å². The van der Waals surface area contributed by atoms with E-state index in [1.165, 1.54) is 6.08 Å². The first kappa shape index (κ1) is 17.3. The minimum atomic E-state index is -0.236. The SMILES string of the molecule is CNC(=O)Cc1ccc(NC(=O)/C=C/c2ccccc2OC)cc1. The Bertz CT molecular complexity index is 737. The van der Waals surface area contributed by atoms with E-state index in [-0.39, 0.29) is 11.8 Å². The fraction of sp³-hybridized carbons (Fsp3) is 0.158. The Hall–Kier alpha value is -3.08. The number of rotatable bonds is 6. The van der Waals surface area contributed by atoms with Gasteiger partial charge in [-0.05, 0) is 29.8 Å². The molecule has 0 fully saturated rings. The normalized spacial score (nSPS) is 10.4. The minimum Gasteiger partial charge on any atom is -0.496 e. The first-order valence-corrected chi connectivity index (χ1v) is 7.54. The Morgan fingerprint density at radius 1 is 1.08 bits per heavy atom. The fourth-order valence-corrected chi connectivity index (χ4v) is 2.13. The van der Waals surface area contributed by atoms with Crippen molar-refractivity contribution in [1.82, 2.24) is 5.32 Å². The number of amides is 2. The molecule has 0 aromatic heterocycles. The van der Waals surface area contributed by atoms with Crippen LogP contribution in [-0.4, -0.2) is 26.0 Å². The average molecular weight is 324 g/mol. The third-order valence-electron chi connectivity index (χ3n) is 3.42. The van der Waals surface area contributed by atoms with E-state index < -0.39 is 0 Å². The second-order valence-electron chi connectivity index (χ2n) is 5.11. The molecule has 5 nitrogen and oxygen atoms in total. The van der Waals surface area contributed by atoms with Gasteiger partial charge in [0, 0.05) is 24.4 Å². The molecule has 2 aromatic rings. The van der Waals surface area contributed by atoms with Crippen LogP contribution in [0.5, 0.6) is 5.75 Å². The Morgan fingerprint density at radius 3 is 2.46 bits per heavy atom. The van der Waals surface area contributed by atoms with E-state index >= 15 is 0 Å². The van der Waals surface area contributed by atoms with Gasteiger partial charge in [-0.1, -0.05) is 30.3 Å². The number of nitrogens with one attached hydrogen (secondary N) is 2. The lowest BCUT2D eigenvalue weighted by Gasteiger charge is -2.05. The van der Waals surface area contributed by atoms with Crippen molar-refractivity contribution in [2.75, 3.05) is 19.5 Å². The number of benzene rings is 2. The van der Waals surface area contributed by atoms with Crippen molar-refractivity contribution in [3.05, 3.63) is 65.7 Å². The van der Waals surface area contributed by atoms with Crippen molar-refractivity contribution < 1.29 is 14.3 Å². The second kappa shape index (κ2) is 8.53. The van der Waals surface area contributed by atoms with E-state index in [9.17, 15) is 9.59 Å². The molecule has 2 N–H and O–H groups in total. The largest absolute Gasteiger partial charge is 0.496 e. The number of methoxy groups -OCH3 is 1. The zero-order valence-corrected chi connectivity index (χ0v) is 13.7. The highest BCUT2D eigenvalue weighted by Gasteiger charge is 2.03. The molecule has 2 amide bonds. The third-order valence-corrected chi connectivity index (χ3v) is 3.42. The summed E-state index contributed by atoms with van der Waals surface area (Å²) in [6.45, 7) is 0. The van der Waals surface area contributed by atoms with Crippen LogP contribution >= 0.6 is 0 Å². The molecule has 0 bridgehead atoms. The molecular formula is C19H20N2O3. The standard InChI is InChI=1S/C19H20N2O3/c1-20-19(23)13-14-7-10-16(11-8-14)21-18(22)12-9-15-5-3-4-6-17(15)24-2/h3-12H,13H2,1-2H3,(H,20,23)(H,21,22)/b12-9+. The number of hydrogen-bond acceptors (Lipinski definition) is 3. The first-order chi connectivity index (χ1) is 11.6. The van der Waals surface area contributed by atoms with Crippen molar-refractivity contribution in [1.29, 1.82) is 0 Å². The molecule has 5 heteroatoms. The summed E-state index contributed by atoms with van der Waals surface area (Å²) in [6.07, 6.45) is 3.48. The molecule has 0 radical (unpaired) electrons. The number of carbonyl (C=O) groups excluding carboxylic acids is 2. The Kier molecular flexibility index (Phi) is 6.14. The van der Waals surface area contributed by atoms with Gasteiger partial charge in [0.15, 0.2) is 0 Å². The van der Waals surface area contributed by atoms with Gasteiger partial charge in [0.2, 0.25) is 11.8 Å². The summed E-state index contributed by atoms with van der Waals surface area (Å²) < 4.78 is 5.23. The maximum atomic E-state index is 12.0. The van der Waals surface area contributed by atoms with Crippen molar-refractivity contribution in [2.24, 2.45) is 0 Å². The van der Waals surface area contributed by atoms with Gasteiger partial charge in [-0.25, -0.2) is 0 Å². The highest BCUT2D eigenvalue weighted by molar-refractivity contribution is 6.02. The van der Waals surface area contributed by atoms with Crippen LogP contribution in [0.4, 0.5) is 5.69 Å². The maximum absolute atomic E-state index is 12.0. The van der Waals surface area contributed by atoms with Crippen LogP contribution in [0, 0.1) is 0 Å². The molecule has 0 aliphatic carbocycles. The number of anilines is 1. The van der Waals surface area contributed by atoms with Crippen LogP contribution in [-0.2, 0) is 16.0 Å². The molecule has 0 spiro atoms. The smallest absolute Gasteiger partial charge is 0.248 e. The molecule has 24 heavy (non-hydrogen) atoms. The van der Waals surface area contributed by atoms with Crippen molar-refractivity contribution in [3.8, 4) is 5.75 Å². The monoisotopic (exact) mass is 324 g/mol. The van der Waals surface area contributed by atoms with Gasteiger partial charge in [0.25, 0.3) is 0 Å². The molecule has 0 saturated heterocycles. The van der Waals surface area contributed by atoms with Crippen LogP contribution in [0.2, 0.25) is 0 Å². The third kappa shape index (κ3) is 4.98. The second-order valence-corrected chi connectivity index (χ2v) is 5.11. The summed E-state index contributed by atoms with van der Waals surface area (Å²) in [4.78, 5) is 23.3. The average Bonchev–Trinajstić information content (AvgIpc) is 2.61. The van der Waals surface area contributed by atoms with Crippen molar-refractivity contribution in [2.45, 2.75) is 6.42 Å². The summed E-state index contributed by atoms with van der Waals surface area (Å²) in [7, 11) is 3.19. The van der Waals surface area contributed by atoms with Gasteiger partial charge in [0.05, 0.1) is 13.5 Å². The number of likely N-dealkylation sites (N-methyl/N-ethyl adjacent to an activating group) is 1. The number of para-hydroxylation sites is 1. The van der Waals surface area contributed by atoms with Gasteiger partial charge in [-0.3, -0.25) is 9.59 Å². The predicted octanol–water partition coefficient (Wildman–Crippen LogP) is 2.64. The summed E-state index contributed by atoms with van der Waals surface area (Å²) in [6, 6.07) is 14.6. The zero-order valence-electron chi connectivity index (χ0n) is 13.7. The molecule has 0 atom stereocenters.